The van der Waals surface area contributed by atoms with E-state index in [1.165, 1.54) is 6.33 Å². The Morgan fingerprint density at radius 1 is 1.27 bits per heavy atom. The van der Waals surface area contributed by atoms with E-state index in [1.807, 2.05) is 0 Å². The summed E-state index contributed by atoms with van der Waals surface area (Å²) in [6.07, 6.45) is 10.6. The third-order valence-corrected chi connectivity index (χ3v) is 6.88. The first-order chi connectivity index (χ1) is 14.5. The SMILES string of the molecule is O=C(CC(CC1CCCC1)C(=O)N1CC2(CC2)CC1C(=O)Nc1ccncn1)NO. The van der Waals surface area contributed by atoms with Gasteiger partial charge in [0.25, 0.3) is 0 Å². The Kier molecular flexibility index (Phi) is 5.99. The maximum Gasteiger partial charge on any atom is 0.248 e. The number of anilines is 1. The van der Waals surface area contributed by atoms with Crippen molar-refractivity contribution in [1.82, 2.24) is 20.3 Å². The van der Waals surface area contributed by atoms with Gasteiger partial charge >= 0.3 is 0 Å². The monoisotopic (exact) mass is 415 g/mol. The Bertz CT molecular complexity index is 792. The molecular formula is C21H29N5O4. The molecule has 2 heterocycles. The first-order valence-corrected chi connectivity index (χ1v) is 10.8. The molecule has 9 heteroatoms. The van der Waals surface area contributed by atoms with Crippen LogP contribution in [0.2, 0.25) is 0 Å². The second-order valence-electron chi connectivity index (χ2n) is 9.09. The van der Waals surface area contributed by atoms with Gasteiger partial charge in [-0.1, -0.05) is 25.7 Å². The molecule has 2 aliphatic carbocycles. The van der Waals surface area contributed by atoms with Gasteiger partial charge in [0.15, 0.2) is 0 Å². The van der Waals surface area contributed by atoms with Crippen molar-refractivity contribution < 1.29 is 19.6 Å². The van der Waals surface area contributed by atoms with E-state index in [4.69, 9.17) is 5.21 Å². The summed E-state index contributed by atoms with van der Waals surface area (Å²) < 4.78 is 0. The van der Waals surface area contributed by atoms with Crippen LogP contribution in [0.1, 0.15) is 57.8 Å². The molecule has 1 aliphatic heterocycles. The van der Waals surface area contributed by atoms with Crippen molar-refractivity contribution in [3.05, 3.63) is 18.6 Å². The van der Waals surface area contributed by atoms with Crippen LogP contribution >= 0.6 is 0 Å². The number of amides is 3. The van der Waals surface area contributed by atoms with Crippen molar-refractivity contribution in [2.75, 3.05) is 11.9 Å². The van der Waals surface area contributed by atoms with Crippen LogP contribution in [-0.4, -0.2) is 50.4 Å². The van der Waals surface area contributed by atoms with Gasteiger partial charge in [-0.25, -0.2) is 15.4 Å². The molecule has 2 saturated carbocycles. The lowest BCUT2D eigenvalue weighted by Crippen LogP contribution is -2.46. The van der Waals surface area contributed by atoms with Gasteiger partial charge in [-0.2, -0.15) is 0 Å². The number of nitrogens with zero attached hydrogens (tertiary/aromatic N) is 3. The zero-order chi connectivity index (χ0) is 21.1. The predicted octanol–water partition coefficient (Wildman–Crippen LogP) is 1.89. The molecule has 2 unspecified atom stereocenters. The van der Waals surface area contributed by atoms with Crippen LogP contribution in [0.3, 0.4) is 0 Å². The molecule has 3 aliphatic rings. The van der Waals surface area contributed by atoms with Crippen LogP contribution in [0.5, 0.6) is 0 Å². The molecular weight excluding hydrogens is 386 g/mol. The molecule has 9 nitrogen and oxygen atoms in total. The van der Waals surface area contributed by atoms with Crippen LogP contribution in [0, 0.1) is 17.3 Å². The highest BCUT2D eigenvalue weighted by Gasteiger charge is 2.55. The van der Waals surface area contributed by atoms with Crippen molar-refractivity contribution in [2.24, 2.45) is 17.3 Å². The fourth-order valence-electron chi connectivity index (χ4n) is 5.06. The Morgan fingerprint density at radius 2 is 2.03 bits per heavy atom. The lowest BCUT2D eigenvalue weighted by molar-refractivity contribution is -0.144. The zero-order valence-electron chi connectivity index (χ0n) is 17.0. The predicted molar refractivity (Wildman–Crippen MR) is 107 cm³/mol. The van der Waals surface area contributed by atoms with Gasteiger partial charge in [-0.05, 0) is 43.1 Å². The third kappa shape index (κ3) is 4.61. The van der Waals surface area contributed by atoms with Gasteiger partial charge in [-0.3, -0.25) is 19.6 Å². The fourth-order valence-corrected chi connectivity index (χ4v) is 5.06. The van der Waals surface area contributed by atoms with E-state index in [-0.39, 0.29) is 23.7 Å². The second-order valence-corrected chi connectivity index (χ2v) is 9.09. The summed E-state index contributed by atoms with van der Waals surface area (Å²) in [6, 6.07) is 1.04. The van der Waals surface area contributed by atoms with Crippen LogP contribution in [-0.2, 0) is 14.4 Å². The molecule has 3 amide bonds. The summed E-state index contributed by atoms with van der Waals surface area (Å²) in [6.45, 7) is 0.551. The Balaban J connectivity index is 1.50. The van der Waals surface area contributed by atoms with Crippen LogP contribution in [0.4, 0.5) is 5.82 Å². The highest BCUT2D eigenvalue weighted by Crippen LogP contribution is 2.55. The number of nitrogens with one attached hydrogen (secondary N) is 2. The van der Waals surface area contributed by atoms with Crippen LogP contribution in [0.15, 0.2) is 18.6 Å². The van der Waals surface area contributed by atoms with E-state index >= 15 is 0 Å². The average Bonchev–Trinajstić information content (AvgIpc) is 3.13. The number of likely N-dealkylation sites (tertiary alicyclic amines) is 1. The van der Waals surface area contributed by atoms with E-state index < -0.39 is 17.9 Å². The molecule has 3 N–H and O–H groups in total. The van der Waals surface area contributed by atoms with Crippen LogP contribution in [0.25, 0.3) is 0 Å². The van der Waals surface area contributed by atoms with Gasteiger partial charge < -0.3 is 10.2 Å². The minimum atomic E-state index is -0.571. The van der Waals surface area contributed by atoms with E-state index in [1.54, 1.807) is 22.6 Å². The zero-order valence-corrected chi connectivity index (χ0v) is 17.0. The van der Waals surface area contributed by atoms with Gasteiger partial charge in [-0.15, -0.1) is 0 Å². The Hall–Kier alpha value is -2.55. The molecule has 162 valence electrons. The van der Waals surface area contributed by atoms with Crippen molar-refractivity contribution in [3.8, 4) is 0 Å². The summed E-state index contributed by atoms with van der Waals surface area (Å²) in [5, 5.41) is 11.8. The topological polar surface area (TPSA) is 125 Å². The molecule has 1 aromatic rings. The fraction of sp³-hybridized carbons (Fsp3) is 0.667. The normalized spacial score (nSPS) is 23.4. The summed E-state index contributed by atoms with van der Waals surface area (Å²) in [4.78, 5) is 48.0. The van der Waals surface area contributed by atoms with Crippen molar-refractivity contribution in [3.63, 3.8) is 0 Å². The summed E-state index contributed by atoms with van der Waals surface area (Å²) in [5.74, 6) is -0.677. The summed E-state index contributed by atoms with van der Waals surface area (Å²) in [5.41, 5.74) is 1.69. The number of aromatic nitrogens is 2. The molecule has 0 aromatic carbocycles. The van der Waals surface area contributed by atoms with Gasteiger partial charge in [0.2, 0.25) is 17.7 Å². The van der Waals surface area contributed by atoms with Crippen molar-refractivity contribution in [2.45, 2.75) is 63.8 Å². The lowest BCUT2D eigenvalue weighted by Gasteiger charge is -2.29. The van der Waals surface area contributed by atoms with Crippen LogP contribution < -0.4 is 10.8 Å². The van der Waals surface area contributed by atoms with Gasteiger partial charge in [0, 0.05) is 25.1 Å². The first kappa shape index (κ1) is 20.7. The molecule has 2 atom stereocenters. The van der Waals surface area contributed by atoms with E-state index in [2.05, 4.69) is 15.3 Å². The van der Waals surface area contributed by atoms with Gasteiger partial charge in [0.05, 0.1) is 0 Å². The first-order valence-electron chi connectivity index (χ1n) is 10.8. The van der Waals surface area contributed by atoms with E-state index in [9.17, 15) is 14.4 Å². The summed E-state index contributed by atoms with van der Waals surface area (Å²) >= 11 is 0. The van der Waals surface area contributed by atoms with Gasteiger partial charge in [0.1, 0.15) is 18.2 Å². The lowest BCUT2D eigenvalue weighted by atomic mass is 9.89. The summed E-state index contributed by atoms with van der Waals surface area (Å²) in [7, 11) is 0. The Labute approximate surface area is 175 Å². The minimum absolute atomic E-state index is 0.0283. The highest BCUT2D eigenvalue weighted by atomic mass is 16.5. The second kappa shape index (κ2) is 8.67. The average molecular weight is 415 g/mol. The molecule has 1 spiro atoms. The number of hydrogen-bond donors (Lipinski definition) is 3. The molecule has 4 rings (SSSR count). The number of rotatable bonds is 7. The smallest absolute Gasteiger partial charge is 0.248 e. The maximum atomic E-state index is 13.5. The molecule has 1 aromatic heterocycles. The Morgan fingerprint density at radius 3 is 2.67 bits per heavy atom. The number of hydrogen-bond acceptors (Lipinski definition) is 6. The maximum absolute atomic E-state index is 13.5. The highest BCUT2D eigenvalue weighted by molar-refractivity contribution is 5.98. The van der Waals surface area contributed by atoms with E-state index in [0.29, 0.717) is 31.1 Å². The number of hydroxylamine groups is 1. The standard InChI is InChI=1S/C21H29N5O4/c27-18(25-30)10-15(9-14-3-1-2-4-14)20(29)26-12-21(6-7-21)11-16(26)19(28)24-17-5-8-22-13-23-17/h5,8,13-16,30H,1-4,6-7,9-12H2,(H,25,27)(H,22,23,24,28). The third-order valence-electron chi connectivity index (χ3n) is 6.88. The minimum Gasteiger partial charge on any atom is -0.330 e. The number of carbonyl (C=O) groups is 3. The molecule has 0 bridgehead atoms. The number of carbonyl (C=O) groups excluding carboxylic acids is 3. The van der Waals surface area contributed by atoms with Crippen molar-refractivity contribution >= 4 is 23.5 Å². The molecule has 3 fully saturated rings. The van der Waals surface area contributed by atoms with Crippen molar-refractivity contribution in [1.29, 1.82) is 0 Å². The largest absolute Gasteiger partial charge is 0.330 e. The van der Waals surface area contributed by atoms with E-state index in [0.717, 1.165) is 38.5 Å². The quantitative estimate of drug-likeness (QED) is 0.461. The molecule has 1 saturated heterocycles. The molecule has 0 radical (unpaired) electrons. The molecule has 30 heavy (non-hydrogen) atoms.